The number of nitrogens with one attached hydrogen (secondary N) is 1. The van der Waals surface area contributed by atoms with E-state index >= 15 is 0 Å². The van der Waals surface area contributed by atoms with Crippen LogP contribution in [0, 0.1) is 5.82 Å². The van der Waals surface area contributed by atoms with Crippen LogP contribution in [0.15, 0.2) is 18.2 Å². The van der Waals surface area contributed by atoms with E-state index in [2.05, 4.69) is 17.1 Å². The lowest BCUT2D eigenvalue weighted by Crippen LogP contribution is -2.47. The van der Waals surface area contributed by atoms with Gasteiger partial charge in [-0.1, -0.05) is 19.4 Å². The van der Waals surface area contributed by atoms with Gasteiger partial charge in [-0.2, -0.15) is 0 Å². The fourth-order valence-electron chi connectivity index (χ4n) is 3.10. The van der Waals surface area contributed by atoms with Crippen molar-refractivity contribution in [3.8, 4) is 5.75 Å². The van der Waals surface area contributed by atoms with Crippen LogP contribution in [0.25, 0.3) is 0 Å². The summed E-state index contributed by atoms with van der Waals surface area (Å²) in [6.07, 6.45) is 3.42. The molecule has 0 spiro atoms. The van der Waals surface area contributed by atoms with Crippen molar-refractivity contribution in [2.24, 2.45) is 0 Å². The molecule has 1 heterocycles. The maximum atomic E-state index is 13.8. The molecular formula is C20H31FN2O3. The predicted octanol–water partition coefficient (Wildman–Crippen LogP) is 3.12. The van der Waals surface area contributed by atoms with Gasteiger partial charge >= 0.3 is 0 Å². The fourth-order valence-corrected chi connectivity index (χ4v) is 3.10. The molecule has 2 rings (SSSR count). The monoisotopic (exact) mass is 366 g/mol. The Kier molecular flexibility index (Phi) is 8.32. The fraction of sp³-hybridized carbons (Fsp3) is 0.650. The van der Waals surface area contributed by atoms with Crippen LogP contribution in [0.1, 0.15) is 45.1 Å². The molecule has 1 unspecified atom stereocenters. The van der Waals surface area contributed by atoms with Crippen molar-refractivity contribution in [2.45, 2.75) is 58.2 Å². The minimum atomic E-state index is -0.401. The molecule has 6 heteroatoms. The third kappa shape index (κ3) is 6.25. The van der Waals surface area contributed by atoms with Crippen LogP contribution in [0.2, 0.25) is 0 Å². The van der Waals surface area contributed by atoms with Crippen LogP contribution in [0.4, 0.5) is 4.39 Å². The standard InChI is InChI=1S/C20H31FN2O3/c1-4-5-12-26-15(2)20(24)22-17-8-10-23(11-9-17)14-16-6-7-19(25-3)18(21)13-16/h6-7,13,15,17H,4-5,8-12,14H2,1-3H3,(H,22,24). The molecule has 1 atom stereocenters. The second-order valence-electron chi connectivity index (χ2n) is 6.89. The first kappa shape index (κ1) is 20.6. The molecule has 1 aliphatic rings. The summed E-state index contributed by atoms with van der Waals surface area (Å²) < 4.78 is 24.3. The van der Waals surface area contributed by atoms with Crippen molar-refractivity contribution in [3.63, 3.8) is 0 Å². The molecule has 0 radical (unpaired) electrons. The van der Waals surface area contributed by atoms with Crippen molar-refractivity contribution < 1.29 is 18.7 Å². The quantitative estimate of drug-likeness (QED) is 0.682. The first-order valence-electron chi connectivity index (χ1n) is 9.50. The number of halogens is 1. The number of rotatable bonds is 9. The third-order valence-electron chi connectivity index (χ3n) is 4.79. The highest BCUT2D eigenvalue weighted by molar-refractivity contribution is 5.80. The van der Waals surface area contributed by atoms with E-state index < -0.39 is 6.10 Å². The zero-order chi connectivity index (χ0) is 18.9. The van der Waals surface area contributed by atoms with Crippen molar-refractivity contribution >= 4 is 5.91 Å². The molecule has 1 fully saturated rings. The van der Waals surface area contributed by atoms with Crippen LogP contribution in [-0.4, -0.2) is 49.8 Å². The van der Waals surface area contributed by atoms with Gasteiger partial charge in [0.05, 0.1) is 7.11 Å². The van der Waals surface area contributed by atoms with E-state index in [-0.39, 0.29) is 23.5 Å². The molecule has 1 saturated heterocycles. The van der Waals surface area contributed by atoms with E-state index in [1.807, 2.05) is 6.07 Å². The van der Waals surface area contributed by atoms with Crippen LogP contribution in [0.5, 0.6) is 5.75 Å². The van der Waals surface area contributed by atoms with Crippen molar-refractivity contribution in [1.29, 1.82) is 0 Å². The summed E-state index contributed by atoms with van der Waals surface area (Å²) in [6.45, 7) is 6.99. The predicted molar refractivity (Wildman–Crippen MR) is 99.7 cm³/mol. The van der Waals surface area contributed by atoms with E-state index in [1.165, 1.54) is 13.2 Å². The van der Waals surface area contributed by atoms with E-state index in [4.69, 9.17) is 9.47 Å². The number of piperidine rings is 1. The van der Waals surface area contributed by atoms with Gasteiger partial charge in [0, 0.05) is 32.3 Å². The molecule has 1 aromatic rings. The lowest BCUT2D eigenvalue weighted by molar-refractivity contribution is -0.132. The number of likely N-dealkylation sites (tertiary alicyclic amines) is 1. The number of hydrogen-bond donors (Lipinski definition) is 1. The first-order valence-corrected chi connectivity index (χ1v) is 9.50. The average Bonchev–Trinajstić information content (AvgIpc) is 2.63. The summed E-state index contributed by atoms with van der Waals surface area (Å²) in [6, 6.07) is 5.27. The summed E-state index contributed by atoms with van der Waals surface area (Å²) in [7, 11) is 1.47. The third-order valence-corrected chi connectivity index (χ3v) is 4.79. The molecule has 0 saturated carbocycles. The van der Waals surface area contributed by atoms with Gasteiger partial charge in [-0.25, -0.2) is 4.39 Å². The molecule has 1 amide bonds. The van der Waals surface area contributed by atoms with Crippen LogP contribution in [0.3, 0.4) is 0 Å². The summed E-state index contributed by atoms with van der Waals surface area (Å²) >= 11 is 0. The van der Waals surface area contributed by atoms with Gasteiger partial charge in [0.1, 0.15) is 6.10 Å². The van der Waals surface area contributed by atoms with E-state index in [0.717, 1.165) is 44.3 Å². The topological polar surface area (TPSA) is 50.8 Å². The lowest BCUT2D eigenvalue weighted by atomic mass is 10.0. The Morgan fingerprint density at radius 2 is 2.12 bits per heavy atom. The van der Waals surface area contributed by atoms with E-state index in [1.54, 1.807) is 13.0 Å². The highest BCUT2D eigenvalue weighted by Crippen LogP contribution is 2.20. The van der Waals surface area contributed by atoms with Gasteiger partial charge in [0.2, 0.25) is 5.91 Å². The summed E-state index contributed by atoms with van der Waals surface area (Å²) in [4.78, 5) is 14.5. The largest absolute Gasteiger partial charge is 0.494 e. The highest BCUT2D eigenvalue weighted by Gasteiger charge is 2.23. The zero-order valence-electron chi connectivity index (χ0n) is 16.1. The Balaban J connectivity index is 1.73. The molecule has 1 N–H and O–H groups in total. The number of amides is 1. The molecule has 1 aliphatic heterocycles. The molecule has 26 heavy (non-hydrogen) atoms. The second kappa shape index (κ2) is 10.5. The Morgan fingerprint density at radius 3 is 2.73 bits per heavy atom. The number of ether oxygens (including phenoxy) is 2. The summed E-state index contributed by atoms with van der Waals surface area (Å²) in [5.41, 5.74) is 0.934. The van der Waals surface area contributed by atoms with Crippen molar-refractivity contribution in [1.82, 2.24) is 10.2 Å². The average molecular weight is 366 g/mol. The molecule has 146 valence electrons. The van der Waals surface area contributed by atoms with Gasteiger partial charge < -0.3 is 14.8 Å². The normalized spacial score (nSPS) is 17.1. The second-order valence-corrected chi connectivity index (χ2v) is 6.89. The van der Waals surface area contributed by atoms with E-state index in [0.29, 0.717) is 13.2 Å². The highest BCUT2D eigenvalue weighted by atomic mass is 19.1. The Hall–Kier alpha value is -1.66. The number of nitrogens with zero attached hydrogens (tertiary/aromatic N) is 1. The molecular weight excluding hydrogens is 335 g/mol. The van der Waals surface area contributed by atoms with E-state index in [9.17, 15) is 9.18 Å². The SMILES string of the molecule is CCCCOC(C)C(=O)NC1CCN(Cc2ccc(OC)c(F)c2)CC1. The van der Waals surface area contributed by atoms with Gasteiger partial charge in [-0.05, 0) is 43.9 Å². The minimum absolute atomic E-state index is 0.0308. The molecule has 5 nitrogen and oxygen atoms in total. The lowest BCUT2D eigenvalue weighted by Gasteiger charge is -2.32. The number of methoxy groups -OCH3 is 1. The number of carbonyl (C=O) groups is 1. The van der Waals surface area contributed by atoms with Crippen LogP contribution in [-0.2, 0) is 16.1 Å². The minimum Gasteiger partial charge on any atom is -0.494 e. The molecule has 1 aromatic carbocycles. The molecule has 0 aliphatic carbocycles. The summed E-state index contributed by atoms with van der Waals surface area (Å²) in [5, 5.41) is 3.09. The molecule has 0 aromatic heterocycles. The Bertz CT molecular complexity index is 574. The maximum absolute atomic E-state index is 13.8. The van der Waals surface area contributed by atoms with Crippen LogP contribution >= 0.6 is 0 Å². The van der Waals surface area contributed by atoms with Gasteiger partial charge in [0.15, 0.2) is 11.6 Å². The van der Waals surface area contributed by atoms with Gasteiger partial charge in [-0.3, -0.25) is 9.69 Å². The summed E-state index contributed by atoms with van der Waals surface area (Å²) in [5.74, 6) is -0.0913. The Labute approximate surface area is 155 Å². The zero-order valence-corrected chi connectivity index (χ0v) is 16.1. The van der Waals surface area contributed by atoms with Crippen LogP contribution < -0.4 is 10.1 Å². The Morgan fingerprint density at radius 1 is 1.38 bits per heavy atom. The van der Waals surface area contributed by atoms with Crippen molar-refractivity contribution in [2.75, 3.05) is 26.8 Å². The number of benzene rings is 1. The number of carbonyl (C=O) groups excluding carboxylic acids is 1. The van der Waals surface area contributed by atoms with Gasteiger partial charge in [0.25, 0.3) is 0 Å². The maximum Gasteiger partial charge on any atom is 0.249 e. The first-order chi connectivity index (χ1) is 12.5. The van der Waals surface area contributed by atoms with Crippen molar-refractivity contribution in [3.05, 3.63) is 29.6 Å². The smallest absolute Gasteiger partial charge is 0.249 e. The number of unbranched alkanes of at least 4 members (excludes halogenated alkanes) is 1. The molecule has 0 bridgehead atoms. The number of hydrogen-bond acceptors (Lipinski definition) is 4. The van der Waals surface area contributed by atoms with Gasteiger partial charge in [-0.15, -0.1) is 0 Å².